The Morgan fingerprint density at radius 2 is 2.09 bits per heavy atom. The quantitative estimate of drug-likeness (QED) is 0.430. The Morgan fingerprint density at radius 1 is 1.26 bits per heavy atom. The summed E-state index contributed by atoms with van der Waals surface area (Å²) in [4.78, 5) is 23.9. The van der Waals surface area contributed by atoms with Crippen molar-refractivity contribution < 1.29 is 19.4 Å². The lowest BCUT2D eigenvalue weighted by molar-refractivity contribution is -0.152. The van der Waals surface area contributed by atoms with Gasteiger partial charge < -0.3 is 35.8 Å². The van der Waals surface area contributed by atoms with Gasteiger partial charge in [0.15, 0.2) is 0 Å². The first-order valence-electron chi connectivity index (χ1n) is 11.8. The number of thiophene rings is 1. The number of fused-ring (bicyclic) bond motifs is 2. The van der Waals surface area contributed by atoms with Gasteiger partial charge in [-0.2, -0.15) is 0 Å². The van der Waals surface area contributed by atoms with Crippen LogP contribution in [0.25, 0.3) is 10.2 Å². The fourth-order valence-corrected chi connectivity index (χ4v) is 6.44. The third kappa shape index (κ3) is 4.03. The number of anilines is 3. The molecule has 10 nitrogen and oxygen atoms in total. The lowest BCUT2D eigenvalue weighted by Crippen LogP contribution is -2.52. The molecule has 2 fully saturated rings. The number of aromatic nitrogens is 2. The molecule has 2 aliphatic heterocycles. The molecular weight excluding hydrogens is 468 g/mol. The monoisotopic (exact) mass is 496 g/mol. The summed E-state index contributed by atoms with van der Waals surface area (Å²) in [6.45, 7) is 3.78. The van der Waals surface area contributed by atoms with E-state index >= 15 is 0 Å². The van der Waals surface area contributed by atoms with Gasteiger partial charge in [0.2, 0.25) is 5.79 Å². The molecule has 184 valence electrons. The summed E-state index contributed by atoms with van der Waals surface area (Å²) < 4.78 is 11.7. The van der Waals surface area contributed by atoms with Crippen molar-refractivity contribution in [2.45, 2.75) is 44.1 Å². The third-order valence-corrected chi connectivity index (χ3v) is 8.11. The molecule has 1 aliphatic carbocycles. The van der Waals surface area contributed by atoms with E-state index in [1.807, 2.05) is 30.0 Å². The maximum Gasteiger partial charge on any atom is 0.405 e. The number of rotatable bonds is 4. The molecule has 3 aromatic rings. The maximum atomic E-state index is 11.3. The van der Waals surface area contributed by atoms with Gasteiger partial charge >= 0.3 is 6.09 Å². The summed E-state index contributed by atoms with van der Waals surface area (Å²) in [6.07, 6.45) is 1.58. The second-order valence-electron chi connectivity index (χ2n) is 9.40. The fraction of sp³-hybridized carbons (Fsp3) is 0.458. The van der Waals surface area contributed by atoms with Crippen LogP contribution in [0.2, 0.25) is 0 Å². The second-order valence-corrected chi connectivity index (χ2v) is 10.4. The fourth-order valence-electron chi connectivity index (χ4n) is 5.32. The van der Waals surface area contributed by atoms with Crippen LogP contribution in [0.5, 0.6) is 0 Å². The molecule has 35 heavy (non-hydrogen) atoms. The molecule has 2 atom stereocenters. The van der Waals surface area contributed by atoms with Gasteiger partial charge in [0.05, 0.1) is 25.4 Å². The molecule has 1 spiro atoms. The maximum absolute atomic E-state index is 11.3. The third-order valence-electron chi connectivity index (χ3n) is 7.06. The zero-order valence-corrected chi connectivity index (χ0v) is 20.2. The van der Waals surface area contributed by atoms with E-state index < -0.39 is 17.9 Å². The number of aryl methyl sites for hydroxylation is 2. The Morgan fingerprint density at radius 3 is 2.89 bits per heavy atom. The van der Waals surface area contributed by atoms with Crippen LogP contribution in [0.4, 0.5) is 21.3 Å². The van der Waals surface area contributed by atoms with E-state index in [2.05, 4.69) is 21.7 Å². The summed E-state index contributed by atoms with van der Waals surface area (Å²) in [5.74, 6) is -0.138. The van der Waals surface area contributed by atoms with Crippen molar-refractivity contribution in [3.63, 3.8) is 0 Å². The highest BCUT2D eigenvalue weighted by Crippen LogP contribution is 2.39. The van der Waals surface area contributed by atoms with Crippen molar-refractivity contribution in [3.05, 3.63) is 41.2 Å². The van der Waals surface area contributed by atoms with Gasteiger partial charge in [0.25, 0.3) is 0 Å². The van der Waals surface area contributed by atoms with E-state index in [9.17, 15) is 9.90 Å². The summed E-state index contributed by atoms with van der Waals surface area (Å²) in [5.41, 5.74) is 10.5. The van der Waals surface area contributed by atoms with Gasteiger partial charge in [-0.1, -0.05) is 17.4 Å². The first-order valence-corrected chi connectivity index (χ1v) is 12.7. The molecule has 6 rings (SSSR count). The van der Waals surface area contributed by atoms with E-state index in [1.54, 1.807) is 11.3 Å². The number of ether oxygens (including phenoxy) is 2. The SMILES string of the molecule is Cc1ccc2c(N)c(N[C@H]3CCc4nc(N5C[C@H](NC(=O)O)C6(C5)OCCO6)ccc4C3)sc2n1. The number of pyridine rings is 2. The van der Waals surface area contributed by atoms with Crippen LogP contribution in [-0.2, 0) is 22.3 Å². The Kier molecular flexibility index (Phi) is 5.42. The van der Waals surface area contributed by atoms with Crippen molar-refractivity contribution in [2.24, 2.45) is 0 Å². The van der Waals surface area contributed by atoms with E-state index in [-0.39, 0.29) is 6.04 Å². The van der Waals surface area contributed by atoms with Crippen LogP contribution < -0.4 is 21.3 Å². The van der Waals surface area contributed by atoms with Crippen molar-refractivity contribution in [3.8, 4) is 0 Å². The van der Waals surface area contributed by atoms with Crippen LogP contribution in [-0.4, -0.2) is 65.3 Å². The zero-order chi connectivity index (χ0) is 24.2. The van der Waals surface area contributed by atoms with Crippen molar-refractivity contribution in [1.82, 2.24) is 15.3 Å². The average molecular weight is 497 g/mol. The molecule has 0 aromatic carbocycles. The predicted molar refractivity (Wildman–Crippen MR) is 134 cm³/mol. The summed E-state index contributed by atoms with van der Waals surface area (Å²) >= 11 is 1.60. The highest BCUT2D eigenvalue weighted by atomic mass is 32.1. The standard InChI is InChI=1S/C24H28N6O4S/c1-13-2-5-16-20(25)22(35-21(16)26-13)27-15-4-6-17-14(10-15)3-7-19(28-17)30-11-18(29-23(31)32)24(12-30)33-8-9-34-24/h2-3,5,7,15,18,27,29H,4,6,8-12,25H2,1H3,(H,31,32)/t15-,18-/m0/s1. The number of carbonyl (C=O) groups is 1. The van der Waals surface area contributed by atoms with Crippen molar-refractivity contribution in [1.29, 1.82) is 0 Å². The molecule has 0 bridgehead atoms. The Bertz CT molecular complexity index is 1290. The largest absolute Gasteiger partial charge is 0.465 e. The molecule has 0 saturated carbocycles. The molecule has 0 unspecified atom stereocenters. The summed E-state index contributed by atoms with van der Waals surface area (Å²) in [6, 6.07) is 7.96. The molecule has 1 amide bonds. The van der Waals surface area contributed by atoms with E-state index in [1.165, 1.54) is 5.56 Å². The number of nitrogens with zero attached hydrogens (tertiary/aromatic N) is 3. The minimum absolute atomic E-state index is 0.270. The Balaban J connectivity index is 1.17. The van der Waals surface area contributed by atoms with Crippen LogP contribution in [0.1, 0.15) is 23.4 Å². The molecule has 11 heteroatoms. The highest BCUT2D eigenvalue weighted by Gasteiger charge is 2.52. The highest BCUT2D eigenvalue weighted by molar-refractivity contribution is 7.23. The Hall–Kier alpha value is -3.15. The number of hydrogen-bond acceptors (Lipinski definition) is 9. The van der Waals surface area contributed by atoms with E-state index in [0.29, 0.717) is 26.3 Å². The minimum atomic E-state index is -1.09. The van der Waals surface area contributed by atoms with Crippen LogP contribution in [0, 0.1) is 6.92 Å². The van der Waals surface area contributed by atoms with Crippen molar-refractivity contribution >= 4 is 44.2 Å². The van der Waals surface area contributed by atoms with Crippen LogP contribution in [0.3, 0.4) is 0 Å². The number of nitrogen functional groups attached to an aromatic ring is 1. The van der Waals surface area contributed by atoms with Gasteiger partial charge in [0, 0.05) is 29.4 Å². The van der Waals surface area contributed by atoms with Gasteiger partial charge in [-0.25, -0.2) is 14.8 Å². The molecule has 5 heterocycles. The van der Waals surface area contributed by atoms with Gasteiger partial charge in [0.1, 0.15) is 21.7 Å². The lowest BCUT2D eigenvalue weighted by atomic mass is 9.92. The first-order chi connectivity index (χ1) is 16.9. The summed E-state index contributed by atoms with van der Waals surface area (Å²) in [5, 5.41) is 17.4. The average Bonchev–Trinajstić information content (AvgIpc) is 3.52. The predicted octanol–water partition coefficient (Wildman–Crippen LogP) is 2.75. The van der Waals surface area contributed by atoms with Gasteiger partial charge in [-0.15, -0.1) is 0 Å². The zero-order valence-electron chi connectivity index (χ0n) is 19.4. The molecule has 3 aliphatic rings. The van der Waals surface area contributed by atoms with Crippen LogP contribution >= 0.6 is 11.3 Å². The Labute approximate surface area is 206 Å². The van der Waals surface area contributed by atoms with Crippen molar-refractivity contribution in [2.75, 3.05) is 42.3 Å². The first kappa shape index (κ1) is 22.3. The lowest BCUT2D eigenvalue weighted by Gasteiger charge is -2.28. The second kappa shape index (κ2) is 8.51. The molecule has 2 saturated heterocycles. The smallest absolute Gasteiger partial charge is 0.405 e. The van der Waals surface area contributed by atoms with Gasteiger partial charge in [-0.3, -0.25) is 0 Å². The van der Waals surface area contributed by atoms with E-state index in [0.717, 1.165) is 57.4 Å². The molecular formula is C24H28N6O4S. The van der Waals surface area contributed by atoms with Crippen LogP contribution in [0.15, 0.2) is 24.3 Å². The number of nitrogens with two attached hydrogens (primary N) is 1. The minimum Gasteiger partial charge on any atom is -0.465 e. The number of carboxylic acid groups (broad SMARTS) is 1. The molecule has 0 radical (unpaired) electrons. The van der Waals surface area contributed by atoms with Gasteiger partial charge in [-0.05, 0) is 49.9 Å². The summed E-state index contributed by atoms with van der Waals surface area (Å²) in [7, 11) is 0. The van der Waals surface area contributed by atoms with E-state index in [4.69, 9.17) is 20.2 Å². The normalized spacial score (nSPS) is 23.1. The molecule has 5 N–H and O–H groups in total. The number of hydrogen-bond donors (Lipinski definition) is 4. The number of nitrogens with one attached hydrogen (secondary N) is 2. The number of amides is 1. The molecule has 3 aromatic heterocycles. The topological polar surface area (TPSA) is 135 Å².